The van der Waals surface area contributed by atoms with E-state index >= 15 is 0 Å². The predicted octanol–water partition coefficient (Wildman–Crippen LogP) is 14.9. The first-order valence-corrected chi connectivity index (χ1v) is 18.1. The Labute approximate surface area is 320 Å². The summed E-state index contributed by atoms with van der Waals surface area (Å²) in [6, 6.07) is 61.9. The molecule has 0 fully saturated rings. The van der Waals surface area contributed by atoms with Gasteiger partial charge in [0.05, 0.1) is 11.2 Å². The van der Waals surface area contributed by atoms with Crippen LogP contribution in [0.1, 0.15) is 5.48 Å². The summed E-state index contributed by atoms with van der Waals surface area (Å²) in [7, 11) is 0. The second-order valence-corrected chi connectivity index (χ2v) is 13.4. The summed E-state index contributed by atoms with van der Waals surface area (Å²) in [4.78, 5) is 1.88. The van der Waals surface area contributed by atoms with Crippen molar-refractivity contribution in [2.45, 2.75) is 0 Å². The van der Waals surface area contributed by atoms with Gasteiger partial charge in [-0.2, -0.15) is 0 Å². The molecule has 2 nitrogen and oxygen atoms in total. The number of nitrogens with zero attached hydrogens (tertiary/aromatic N) is 1. The van der Waals surface area contributed by atoms with Crippen LogP contribution in [0.25, 0.3) is 77.2 Å². The molecule has 0 atom stereocenters. The van der Waals surface area contributed by atoms with Gasteiger partial charge < -0.3 is 9.32 Å². The van der Waals surface area contributed by atoms with Gasteiger partial charge in [0.2, 0.25) is 0 Å². The zero-order valence-electron chi connectivity index (χ0n) is 33.3. The molecular weight excluding hydrogens is 655 g/mol. The molecule has 0 saturated heterocycles. The number of furan rings is 1. The van der Waals surface area contributed by atoms with E-state index in [0.29, 0.717) is 11.3 Å². The van der Waals surface area contributed by atoms with Gasteiger partial charge in [0.15, 0.2) is 0 Å². The van der Waals surface area contributed by atoms with E-state index in [1.165, 1.54) is 0 Å². The van der Waals surface area contributed by atoms with E-state index in [1.807, 2.05) is 150 Å². The van der Waals surface area contributed by atoms with Gasteiger partial charge in [0, 0.05) is 33.1 Å². The van der Waals surface area contributed by atoms with Gasteiger partial charge in [-0.15, -0.1) is 0 Å². The number of fused-ring (bicyclic) bond motifs is 5. The maximum atomic E-state index is 9.62. The van der Waals surface area contributed by atoms with E-state index in [4.69, 9.17) is 4.42 Å². The Kier molecular flexibility index (Phi) is 6.84. The highest BCUT2D eigenvalue weighted by atomic mass is 16.3. The smallest absolute Gasteiger partial charge is 0.143 e. The van der Waals surface area contributed by atoms with E-state index in [9.17, 15) is 5.48 Å². The van der Waals surface area contributed by atoms with Gasteiger partial charge in [-0.25, -0.2) is 0 Å². The Bertz CT molecular complexity index is 3130. The lowest BCUT2D eigenvalue weighted by Gasteiger charge is -2.28. The lowest BCUT2D eigenvalue weighted by Crippen LogP contribution is -2.11. The Hall–Kier alpha value is -7.16. The van der Waals surface area contributed by atoms with Crippen LogP contribution in [-0.2, 0) is 0 Å². The standard InChI is InChI=1S/C52H35NO/c1-3-13-36(14-4-1)37-25-27-38(28-26-37)39-29-32-43(33-30-39)53(49-23-10-9-20-45(49)40-15-5-2-6-16-40)44-19-11-18-42(35-44)46-22-12-24-50-51(46)48-34-31-41-17-7-8-21-47(41)52(48)54-50/h1-35H/i29D,30D,32D,33D. The molecule has 0 bridgehead atoms. The van der Waals surface area contributed by atoms with Gasteiger partial charge in [0.25, 0.3) is 0 Å². The molecule has 1 aromatic heterocycles. The first-order chi connectivity index (χ1) is 28.5. The van der Waals surface area contributed by atoms with E-state index in [2.05, 4.69) is 42.5 Å². The number of benzene rings is 9. The molecule has 10 aromatic rings. The molecule has 0 saturated carbocycles. The molecule has 2 heteroatoms. The average Bonchev–Trinajstić information content (AvgIpc) is 3.68. The lowest BCUT2D eigenvalue weighted by molar-refractivity contribution is 0.673. The SMILES string of the molecule is [2H]c1c([2H])c(N(c2cccc(-c3cccc4oc5c6ccccc6ccc5c34)c2)c2ccccc2-c2ccccc2)c([2H])c([2H])c1-c1ccc(-c2ccccc2)cc1. The van der Waals surface area contributed by atoms with Crippen molar-refractivity contribution < 1.29 is 9.90 Å². The molecule has 9 aromatic carbocycles. The van der Waals surface area contributed by atoms with Crippen LogP contribution in [0, 0.1) is 0 Å². The van der Waals surface area contributed by atoms with Crippen LogP contribution in [0.4, 0.5) is 17.1 Å². The Morgan fingerprint density at radius 1 is 0.389 bits per heavy atom. The van der Waals surface area contributed by atoms with Crippen LogP contribution in [0.3, 0.4) is 0 Å². The fourth-order valence-electron chi connectivity index (χ4n) is 7.55. The number of hydrogen-bond acceptors (Lipinski definition) is 2. The van der Waals surface area contributed by atoms with Crippen LogP contribution in [0.5, 0.6) is 0 Å². The third-order valence-corrected chi connectivity index (χ3v) is 10.1. The molecular formula is C52H35NO. The monoisotopic (exact) mass is 693 g/mol. The second-order valence-electron chi connectivity index (χ2n) is 13.4. The summed E-state index contributed by atoms with van der Waals surface area (Å²) in [6.45, 7) is 0. The molecule has 1 heterocycles. The van der Waals surface area contributed by atoms with Gasteiger partial charge in [-0.1, -0.05) is 170 Å². The van der Waals surface area contributed by atoms with Crippen LogP contribution in [0.2, 0.25) is 0 Å². The van der Waals surface area contributed by atoms with Crippen molar-refractivity contribution in [1.29, 1.82) is 0 Å². The molecule has 254 valence electrons. The number of anilines is 3. The third kappa shape index (κ3) is 5.62. The van der Waals surface area contributed by atoms with E-state index < -0.39 is 0 Å². The predicted molar refractivity (Wildman–Crippen MR) is 228 cm³/mol. The average molecular weight is 694 g/mol. The van der Waals surface area contributed by atoms with Crippen molar-refractivity contribution in [3.8, 4) is 44.5 Å². The highest BCUT2D eigenvalue weighted by Crippen LogP contribution is 2.44. The van der Waals surface area contributed by atoms with E-state index in [0.717, 1.165) is 71.8 Å². The van der Waals surface area contributed by atoms with Crippen LogP contribution in [-0.4, -0.2) is 0 Å². The molecule has 54 heavy (non-hydrogen) atoms. The lowest BCUT2D eigenvalue weighted by atomic mass is 9.97. The fourth-order valence-corrected chi connectivity index (χ4v) is 7.55. The summed E-state index contributed by atoms with van der Waals surface area (Å²) in [5, 5.41) is 4.19. The first-order valence-electron chi connectivity index (χ1n) is 20.1. The number of rotatable bonds is 7. The maximum absolute atomic E-state index is 9.62. The molecule has 0 spiro atoms. The normalized spacial score (nSPS) is 12.4. The quantitative estimate of drug-likeness (QED) is 0.165. The Morgan fingerprint density at radius 3 is 1.80 bits per heavy atom. The molecule has 0 aliphatic rings. The van der Waals surface area contributed by atoms with Crippen LogP contribution < -0.4 is 4.90 Å². The van der Waals surface area contributed by atoms with E-state index in [-0.39, 0.29) is 35.4 Å². The molecule has 0 aliphatic carbocycles. The van der Waals surface area contributed by atoms with Crippen molar-refractivity contribution in [3.63, 3.8) is 0 Å². The van der Waals surface area contributed by atoms with Crippen molar-refractivity contribution in [3.05, 3.63) is 212 Å². The minimum Gasteiger partial charge on any atom is -0.455 e. The number of para-hydroxylation sites is 1. The summed E-state index contributed by atoms with van der Waals surface area (Å²) in [5.41, 5.74) is 9.92. The topological polar surface area (TPSA) is 16.4 Å². The zero-order valence-corrected chi connectivity index (χ0v) is 29.3. The molecule has 0 N–H and O–H groups in total. The van der Waals surface area contributed by atoms with E-state index in [1.54, 1.807) is 0 Å². The van der Waals surface area contributed by atoms with Gasteiger partial charge in [-0.05, 0) is 86.7 Å². The Morgan fingerprint density at radius 2 is 1.00 bits per heavy atom. The highest BCUT2D eigenvalue weighted by molar-refractivity contribution is 6.19. The molecule has 0 radical (unpaired) electrons. The van der Waals surface area contributed by atoms with Gasteiger partial charge >= 0.3 is 0 Å². The molecule has 10 rings (SSSR count). The minimum atomic E-state index is -0.133. The summed E-state index contributed by atoms with van der Waals surface area (Å²) < 4.78 is 44.6. The summed E-state index contributed by atoms with van der Waals surface area (Å²) in [6.07, 6.45) is 0. The molecule has 0 aliphatic heterocycles. The van der Waals surface area contributed by atoms with Crippen molar-refractivity contribution >= 4 is 49.8 Å². The van der Waals surface area contributed by atoms with Crippen molar-refractivity contribution in [2.24, 2.45) is 0 Å². The van der Waals surface area contributed by atoms with Crippen molar-refractivity contribution in [2.75, 3.05) is 4.90 Å². The van der Waals surface area contributed by atoms with Gasteiger partial charge in [-0.3, -0.25) is 0 Å². The van der Waals surface area contributed by atoms with Crippen LogP contribution >= 0.6 is 0 Å². The molecule has 0 amide bonds. The largest absolute Gasteiger partial charge is 0.455 e. The Balaban J connectivity index is 1.18. The zero-order chi connectivity index (χ0) is 39.3. The molecule has 0 unspecified atom stereocenters. The fraction of sp³-hybridized carbons (Fsp3) is 0. The summed E-state index contributed by atoms with van der Waals surface area (Å²) >= 11 is 0. The number of hydrogen-bond donors (Lipinski definition) is 0. The maximum Gasteiger partial charge on any atom is 0.143 e. The van der Waals surface area contributed by atoms with Gasteiger partial charge in [0.1, 0.15) is 11.2 Å². The van der Waals surface area contributed by atoms with Crippen LogP contribution in [0.15, 0.2) is 217 Å². The highest BCUT2D eigenvalue weighted by Gasteiger charge is 2.20. The van der Waals surface area contributed by atoms with Crippen molar-refractivity contribution in [1.82, 2.24) is 0 Å². The second kappa shape index (κ2) is 13.4. The first kappa shape index (κ1) is 27.5. The third-order valence-electron chi connectivity index (χ3n) is 10.1. The summed E-state index contributed by atoms with van der Waals surface area (Å²) in [5.74, 6) is 0. The minimum absolute atomic E-state index is 0.108.